The summed E-state index contributed by atoms with van der Waals surface area (Å²) >= 11 is 0. The molecule has 0 bridgehead atoms. The lowest BCUT2D eigenvalue weighted by molar-refractivity contribution is 0.0586. The minimum absolute atomic E-state index is 0.0793. The van der Waals surface area contributed by atoms with Crippen molar-refractivity contribution >= 4 is 17.7 Å². The van der Waals surface area contributed by atoms with Gasteiger partial charge in [-0.05, 0) is 58.2 Å². The molecule has 6 heteroatoms. The van der Waals surface area contributed by atoms with Gasteiger partial charge < -0.3 is 14.2 Å². The Morgan fingerprint density at radius 3 is 2.31 bits per heavy atom. The Hall–Kier alpha value is -2.89. The molecule has 29 heavy (non-hydrogen) atoms. The molecule has 1 atom stereocenters. The van der Waals surface area contributed by atoms with Crippen molar-refractivity contribution in [3.8, 4) is 0 Å². The summed E-state index contributed by atoms with van der Waals surface area (Å²) < 4.78 is 6.73. The molecule has 0 N–H and O–H groups in total. The molecule has 1 amide bonds. The summed E-state index contributed by atoms with van der Waals surface area (Å²) in [7, 11) is 1.33. The van der Waals surface area contributed by atoms with Crippen molar-refractivity contribution in [2.45, 2.75) is 59.2 Å². The van der Waals surface area contributed by atoms with Gasteiger partial charge in [-0.1, -0.05) is 18.2 Å². The van der Waals surface area contributed by atoms with Crippen LogP contribution < -0.4 is 0 Å². The van der Waals surface area contributed by atoms with E-state index in [0.29, 0.717) is 28.9 Å². The van der Waals surface area contributed by atoms with E-state index in [1.165, 1.54) is 7.11 Å². The molecule has 6 nitrogen and oxygen atoms in total. The molecule has 1 heterocycles. The van der Waals surface area contributed by atoms with Crippen LogP contribution >= 0.6 is 0 Å². The third-order valence-electron chi connectivity index (χ3n) is 5.70. The molecule has 0 saturated heterocycles. The van der Waals surface area contributed by atoms with Crippen molar-refractivity contribution in [2.75, 3.05) is 7.11 Å². The van der Waals surface area contributed by atoms with Crippen LogP contribution in [0.4, 0.5) is 0 Å². The quantitative estimate of drug-likeness (QED) is 0.527. The molecule has 1 aromatic carbocycles. The monoisotopic (exact) mass is 396 g/mol. The second-order valence-corrected chi connectivity index (χ2v) is 7.52. The molecule has 1 aromatic heterocycles. The molecular formula is C23H28N2O4. The Labute approximate surface area is 171 Å². The van der Waals surface area contributed by atoms with Crippen LogP contribution in [-0.2, 0) is 11.3 Å². The van der Waals surface area contributed by atoms with Gasteiger partial charge in [0.05, 0.1) is 13.2 Å². The standard InChI is InChI=1S/C23H28N2O4/c1-6-24-15(3)19(14(2)20(24)23(28)29-5)21(26)16(4)25(18-12-13-18)22(27)17-10-8-7-9-11-17/h7-11,16,18H,6,12-13H2,1-5H3. The summed E-state index contributed by atoms with van der Waals surface area (Å²) in [5.41, 5.74) is 2.82. The number of aromatic nitrogens is 1. The van der Waals surface area contributed by atoms with Crippen molar-refractivity contribution < 1.29 is 19.1 Å². The van der Waals surface area contributed by atoms with Crippen molar-refractivity contribution in [1.82, 2.24) is 9.47 Å². The number of amides is 1. The predicted molar refractivity (Wildman–Crippen MR) is 110 cm³/mol. The average molecular weight is 396 g/mol. The lowest BCUT2D eigenvalue weighted by atomic mass is 9.99. The number of esters is 1. The highest BCUT2D eigenvalue weighted by Crippen LogP contribution is 2.33. The van der Waals surface area contributed by atoms with E-state index in [2.05, 4.69) is 0 Å². The lowest BCUT2D eigenvalue weighted by Gasteiger charge is -2.29. The van der Waals surface area contributed by atoms with E-state index in [0.717, 1.165) is 18.5 Å². The molecule has 0 radical (unpaired) electrons. The van der Waals surface area contributed by atoms with Crippen molar-refractivity contribution in [2.24, 2.45) is 0 Å². The molecular weight excluding hydrogens is 368 g/mol. The van der Waals surface area contributed by atoms with Gasteiger partial charge in [0, 0.05) is 29.4 Å². The minimum Gasteiger partial charge on any atom is -0.464 e. The van der Waals surface area contributed by atoms with Gasteiger partial charge in [-0.3, -0.25) is 9.59 Å². The van der Waals surface area contributed by atoms with Gasteiger partial charge >= 0.3 is 5.97 Å². The molecule has 1 saturated carbocycles. The molecule has 0 aliphatic heterocycles. The summed E-state index contributed by atoms with van der Waals surface area (Å²) in [4.78, 5) is 40.7. The number of hydrogen-bond donors (Lipinski definition) is 0. The lowest BCUT2D eigenvalue weighted by Crippen LogP contribution is -2.45. The number of hydrogen-bond acceptors (Lipinski definition) is 4. The van der Waals surface area contributed by atoms with Crippen LogP contribution in [0.15, 0.2) is 30.3 Å². The van der Waals surface area contributed by atoms with Crippen LogP contribution in [0.3, 0.4) is 0 Å². The van der Waals surface area contributed by atoms with E-state index in [1.54, 1.807) is 30.9 Å². The topological polar surface area (TPSA) is 68.6 Å². The summed E-state index contributed by atoms with van der Waals surface area (Å²) in [6.07, 6.45) is 1.80. The van der Waals surface area contributed by atoms with E-state index in [9.17, 15) is 14.4 Å². The van der Waals surface area contributed by atoms with Crippen molar-refractivity contribution in [3.05, 3.63) is 58.4 Å². The summed E-state index contributed by atoms with van der Waals surface area (Å²) in [6.45, 7) is 7.86. The predicted octanol–water partition coefficient (Wildman–Crippen LogP) is 3.79. The number of benzene rings is 1. The van der Waals surface area contributed by atoms with Crippen molar-refractivity contribution in [1.29, 1.82) is 0 Å². The van der Waals surface area contributed by atoms with Crippen LogP contribution in [-0.4, -0.2) is 46.3 Å². The van der Waals surface area contributed by atoms with Gasteiger partial charge in [-0.25, -0.2) is 4.79 Å². The van der Waals surface area contributed by atoms with Gasteiger partial charge in [0.15, 0.2) is 5.78 Å². The number of rotatable bonds is 7. The molecule has 1 fully saturated rings. The maximum absolute atomic E-state index is 13.5. The number of methoxy groups -OCH3 is 1. The SMILES string of the molecule is CCn1c(C)c(C(=O)C(C)N(C(=O)c2ccccc2)C2CC2)c(C)c1C(=O)OC. The highest BCUT2D eigenvalue weighted by atomic mass is 16.5. The second-order valence-electron chi connectivity index (χ2n) is 7.52. The van der Waals surface area contributed by atoms with E-state index >= 15 is 0 Å². The number of carbonyl (C=O) groups excluding carboxylic acids is 3. The van der Waals surface area contributed by atoms with Crippen LogP contribution in [0.5, 0.6) is 0 Å². The van der Waals surface area contributed by atoms with Gasteiger partial charge in [0.1, 0.15) is 5.69 Å². The average Bonchev–Trinajstić information content (AvgIpc) is 3.52. The zero-order chi connectivity index (χ0) is 21.3. The molecule has 0 spiro atoms. The fraction of sp³-hybridized carbons (Fsp3) is 0.435. The highest BCUT2D eigenvalue weighted by Gasteiger charge is 2.40. The van der Waals surface area contributed by atoms with Gasteiger partial charge in [0.25, 0.3) is 5.91 Å². The zero-order valence-corrected chi connectivity index (χ0v) is 17.7. The first kappa shape index (κ1) is 20.8. The van der Waals surface area contributed by atoms with E-state index in [4.69, 9.17) is 4.74 Å². The number of Topliss-reactive ketones (excluding diaryl/α,β-unsaturated/α-hetero) is 1. The van der Waals surface area contributed by atoms with Gasteiger partial charge in [-0.2, -0.15) is 0 Å². The van der Waals surface area contributed by atoms with Gasteiger partial charge in [0.2, 0.25) is 0 Å². The summed E-state index contributed by atoms with van der Waals surface area (Å²) in [5.74, 6) is -0.737. The summed E-state index contributed by atoms with van der Waals surface area (Å²) in [6, 6.07) is 8.51. The van der Waals surface area contributed by atoms with Crippen LogP contribution in [0.1, 0.15) is 69.2 Å². The molecule has 2 aromatic rings. The zero-order valence-electron chi connectivity index (χ0n) is 17.7. The first-order chi connectivity index (χ1) is 13.8. The third-order valence-corrected chi connectivity index (χ3v) is 5.70. The molecule has 1 unspecified atom stereocenters. The number of ketones is 1. The Morgan fingerprint density at radius 2 is 1.79 bits per heavy atom. The number of ether oxygens (including phenoxy) is 1. The Kier molecular flexibility index (Phi) is 5.91. The fourth-order valence-corrected chi connectivity index (χ4v) is 4.09. The van der Waals surface area contributed by atoms with Crippen LogP contribution in [0.25, 0.3) is 0 Å². The molecule has 154 valence electrons. The van der Waals surface area contributed by atoms with E-state index in [-0.39, 0.29) is 17.7 Å². The first-order valence-electron chi connectivity index (χ1n) is 10.0. The third kappa shape index (κ3) is 3.71. The smallest absolute Gasteiger partial charge is 0.354 e. The van der Waals surface area contributed by atoms with Crippen LogP contribution in [0, 0.1) is 13.8 Å². The number of carbonyl (C=O) groups is 3. The first-order valence-corrected chi connectivity index (χ1v) is 10.0. The largest absolute Gasteiger partial charge is 0.464 e. The fourth-order valence-electron chi connectivity index (χ4n) is 4.09. The van der Waals surface area contributed by atoms with E-state index in [1.807, 2.05) is 36.6 Å². The Morgan fingerprint density at radius 1 is 1.17 bits per heavy atom. The van der Waals surface area contributed by atoms with Crippen molar-refractivity contribution in [3.63, 3.8) is 0 Å². The molecule has 1 aliphatic rings. The Bertz CT molecular complexity index is 942. The highest BCUT2D eigenvalue weighted by molar-refractivity contribution is 6.07. The normalized spacial score (nSPS) is 14.4. The van der Waals surface area contributed by atoms with E-state index < -0.39 is 12.0 Å². The summed E-state index contributed by atoms with van der Waals surface area (Å²) in [5, 5.41) is 0. The van der Waals surface area contributed by atoms with Gasteiger partial charge in [-0.15, -0.1) is 0 Å². The minimum atomic E-state index is -0.620. The Balaban J connectivity index is 2.00. The second kappa shape index (κ2) is 8.23. The molecule has 3 rings (SSSR count). The van der Waals surface area contributed by atoms with Crippen LogP contribution in [0.2, 0.25) is 0 Å². The number of nitrogens with zero attached hydrogens (tertiary/aromatic N) is 2. The maximum Gasteiger partial charge on any atom is 0.354 e. The molecule has 1 aliphatic carbocycles. The maximum atomic E-state index is 13.5.